The zero-order valence-electron chi connectivity index (χ0n) is 12.8. The smallest absolute Gasteiger partial charge is 0.0247 e. The molecule has 1 aliphatic heterocycles. The van der Waals surface area contributed by atoms with Crippen molar-refractivity contribution in [3.8, 4) is 0 Å². The lowest BCUT2D eigenvalue weighted by atomic mass is 9.94. The van der Waals surface area contributed by atoms with E-state index in [4.69, 9.17) is 0 Å². The molecule has 0 aromatic carbocycles. The molecule has 106 valence electrons. The average molecular weight is 252 g/mol. The van der Waals surface area contributed by atoms with Crippen molar-refractivity contribution in [3.05, 3.63) is 0 Å². The first kappa shape index (κ1) is 14.3. The Balaban J connectivity index is 1.94. The first-order chi connectivity index (χ1) is 8.61. The summed E-state index contributed by atoms with van der Waals surface area (Å²) in [6.45, 7) is 12.0. The van der Waals surface area contributed by atoms with Gasteiger partial charge in [0.25, 0.3) is 0 Å². The van der Waals surface area contributed by atoms with Crippen LogP contribution in [0.25, 0.3) is 0 Å². The van der Waals surface area contributed by atoms with Gasteiger partial charge in [-0.3, -0.25) is 4.90 Å². The molecule has 2 heteroatoms. The molecule has 0 bridgehead atoms. The number of nitrogens with one attached hydrogen (secondary N) is 1. The van der Waals surface area contributed by atoms with Crippen LogP contribution in [0, 0.1) is 11.8 Å². The fourth-order valence-electron chi connectivity index (χ4n) is 3.50. The second-order valence-corrected chi connectivity index (χ2v) is 6.93. The van der Waals surface area contributed by atoms with Crippen LogP contribution in [0.3, 0.4) is 0 Å². The van der Waals surface area contributed by atoms with Crippen LogP contribution in [0.5, 0.6) is 0 Å². The van der Waals surface area contributed by atoms with Crippen LogP contribution in [0.1, 0.15) is 59.8 Å². The number of rotatable bonds is 6. The molecule has 3 unspecified atom stereocenters. The van der Waals surface area contributed by atoms with Gasteiger partial charge in [-0.25, -0.2) is 0 Å². The number of hydrogen-bond donors (Lipinski definition) is 1. The van der Waals surface area contributed by atoms with Gasteiger partial charge < -0.3 is 5.32 Å². The van der Waals surface area contributed by atoms with Crippen LogP contribution in [0.4, 0.5) is 0 Å². The quantitative estimate of drug-likeness (QED) is 0.780. The Labute approximate surface area is 114 Å². The zero-order chi connectivity index (χ0) is 13.1. The summed E-state index contributed by atoms with van der Waals surface area (Å²) in [5.41, 5.74) is 0. The Morgan fingerprint density at radius 2 is 1.94 bits per heavy atom. The zero-order valence-corrected chi connectivity index (χ0v) is 12.8. The lowest BCUT2D eigenvalue weighted by Crippen LogP contribution is -2.60. The van der Waals surface area contributed by atoms with E-state index in [0.717, 1.165) is 30.0 Å². The number of hydrogen-bond acceptors (Lipinski definition) is 2. The topological polar surface area (TPSA) is 15.3 Å². The third-order valence-electron chi connectivity index (χ3n) is 4.82. The average Bonchev–Trinajstić information content (AvgIpc) is 3.13. The SMILES string of the molecule is CCCC1CN(C(C)CC2CC2)C(C(C)C)CN1. The molecule has 2 nitrogen and oxygen atoms in total. The molecule has 18 heavy (non-hydrogen) atoms. The number of piperazine rings is 1. The summed E-state index contributed by atoms with van der Waals surface area (Å²) in [4.78, 5) is 2.82. The van der Waals surface area contributed by atoms with Gasteiger partial charge in [-0.2, -0.15) is 0 Å². The normalized spacial score (nSPS) is 31.8. The van der Waals surface area contributed by atoms with E-state index in [-0.39, 0.29) is 0 Å². The lowest BCUT2D eigenvalue weighted by molar-refractivity contribution is 0.0546. The van der Waals surface area contributed by atoms with Gasteiger partial charge in [0.05, 0.1) is 0 Å². The summed E-state index contributed by atoms with van der Waals surface area (Å²) in [7, 11) is 0. The van der Waals surface area contributed by atoms with E-state index < -0.39 is 0 Å². The molecular weight excluding hydrogens is 220 g/mol. The molecule has 0 radical (unpaired) electrons. The molecule has 1 N–H and O–H groups in total. The van der Waals surface area contributed by atoms with Gasteiger partial charge in [-0.1, -0.05) is 40.0 Å². The fourth-order valence-corrected chi connectivity index (χ4v) is 3.50. The molecule has 2 rings (SSSR count). The van der Waals surface area contributed by atoms with Crippen molar-refractivity contribution in [2.75, 3.05) is 13.1 Å². The highest BCUT2D eigenvalue weighted by atomic mass is 15.3. The minimum absolute atomic E-state index is 0.728. The van der Waals surface area contributed by atoms with Crippen molar-refractivity contribution in [2.24, 2.45) is 11.8 Å². The summed E-state index contributed by atoms with van der Waals surface area (Å²) < 4.78 is 0. The van der Waals surface area contributed by atoms with Gasteiger partial charge >= 0.3 is 0 Å². The highest BCUT2D eigenvalue weighted by Gasteiger charge is 2.34. The van der Waals surface area contributed by atoms with Crippen molar-refractivity contribution in [2.45, 2.75) is 77.9 Å². The van der Waals surface area contributed by atoms with Gasteiger partial charge in [-0.15, -0.1) is 0 Å². The maximum atomic E-state index is 3.76. The van der Waals surface area contributed by atoms with Gasteiger partial charge in [0, 0.05) is 31.2 Å². The van der Waals surface area contributed by atoms with Crippen LogP contribution >= 0.6 is 0 Å². The van der Waals surface area contributed by atoms with Gasteiger partial charge in [-0.05, 0) is 31.6 Å². The summed E-state index contributed by atoms with van der Waals surface area (Å²) in [5.74, 6) is 1.81. The van der Waals surface area contributed by atoms with E-state index >= 15 is 0 Å². The Kier molecular flexibility index (Phi) is 5.08. The first-order valence-corrected chi connectivity index (χ1v) is 8.11. The van der Waals surface area contributed by atoms with E-state index in [9.17, 15) is 0 Å². The molecular formula is C16H32N2. The second-order valence-electron chi connectivity index (χ2n) is 6.93. The predicted molar refractivity (Wildman–Crippen MR) is 78.8 cm³/mol. The van der Waals surface area contributed by atoms with Gasteiger partial charge in [0.2, 0.25) is 0 Å². The van der Waals surface area contributed by atoms with Crippen LogP contribution in [0.15, 0.2) is 0 Å². The van der Waals surface area contributed by atoms with E-state index in [1.165, 1.54) is 45.2 Å². The van der Waals surface area contributed by atoms with Crippen LogP contribution in [0.2, 0.25) is 0 Å². The largest absolute Gasteiger partial charge is 0.311 e. The molecule has 1 saturated heterocycles. The molecule has 0 amide bonds. The number of nitrogens with zero attached hydrogens (tertiary/aromatic N) is 1. The monoisotopic (exact) mass is 252 g/mol. The minimum Gasteiger partial charge on any atom is -0.311 e. The maximum absolute atomic E-state index is 3.76. The van der Waals surface area contributed by atoms with E-state index in [2.05, 4.69) is 37.9 Å². The summed E-state index contributed by atoms with van der Waals surface area (Å²) in [5, 5.41) is 3.76. The fraction of sp³-hybridized carbons (Fsp3) is 1.00. The van der Waals surface area contributed by atoms with Gasteiger partial charge in [0.15, 0.2) is 0 Å². The molecule has 0 aromatic rings. The van der Waals surface area contributed by atoms with Crippen molar-refractivity contribution in [1.82, 2.24) is 10.2 Å². The molecule has 1 saturated carbocycles. The van der Waals surface area contributed by atoms with E-state index in [1.807, 2.05) is 0 Å². The van der Waals surface area contributed by atoms with Crippen molar-refractivity contribution < 1.29 is 0 Å². The van der Waals surface area contributed by atoms with Crippen LogP contribution < -0.4 is 5.32 Å². The molecule has 1 heterocycles. The standard InChI is InChI=1S/C16H32N2/c1-5-6-15-11-18(13(4)9-14-7-8-14)16(10-17-15)12(2)3/h12-17H,5-11H2,1-4H3. The molecule has 0 spiro atoms. The van der Waals surface area contributed by atoms with E-state index in [1.54, 1.807) is 0 Å². The Morgan fingerprint density at radius 1 is 1.22 bits per heavy atom. The highest BCUT2D eigenvalue weighted by molar-refractivity contribution is 4.91. The Bertz CT molecular complexity index is 247. The Hall–Kier alpha value is -0.0800. The summed E-state index contributed by atoms with van der Waals surface area (Å²) >= 11 is 0. The second kappa shape index (κ2) is 6.38. The summed E-state index contributed by atoms with van der Waals surface area (Å²) in [6, 6.07) is 2.25. The maximum Gasteiger partial charge on any atom is 0.0247 e. The predicted octanol–water partition coefficient (Wildman–Crippen LogP) is 3.27. The lowest BCUT2D eigenvalue weighted by Gasteiger charge is -2.45. The molecule has 2 aliphatic rings. The summed E-state index contributed by atoms with van der Waals surface area (Å²) in [6.07, 6.45) is 7.04. The molecule has 3 atom stereocenters. The van der Waals surface area contributed by atoms with Crippen LogP contribution in [-0.2, 0) is 0 Å². The third-order valence-corrected chi connectivity index (χ3v) is 4.82. The molecule has 1 aliphatic carbocycles. The van der Waals surface area contributed by atoms with E-state index in [0.29, 0.717) is 0 Å². The minimum atomic E-state index is 0.728. The van der Waals surface area contributed by atoms with Crippen molar-refractivity contribution >= 4 is 0 Å². The van der Waals surface area contributed by atoms with Gasteiger partial charge in [0.1, 0.15) is 0 Å². The highest BCUT2D eigenvalue weighted by Crippen LogP contribution is 2.35. The van der Waals surface area contributed by atoms with Crippen molar-refractivity contribution in [3.63, 3.8) is 0 Å². The Morgan fingerprint density at radius 3 is 2.50 bits per heavy atom. The first-order valence-electron chi connectivity index (χ1n) is 8.11. The molecule has 2 fully saturated rings. The van der Waals surface area contributed by atoms with Crippen molar-refractivity contribution in [1.29, 1.82) is 0 Å². The third kappa shape index (κ3) is 3.71. The molecule has 0 aromatic heterocycles. The van der Waals surface area contributed by atoms with Crippen LogP contribution in [-0.4, -0.2) is 36.1 Å².